The van der Waals surface area contributed by atoms with E-state index in [2.05, 4.69) is 16.0 Å². The third-order valence-corrected chi connectivity index (χ3v) is 5.02. The molecule has 0 aromatic rings. The lowest BCUT2D eigenvalue weighted by Crippen LogP contribution is -2.36. The highest BCUT2D eigenvalue weighted by atomic mass is 32.2. The van der Waals surface area contributed by atoms with E-state index in [0.29, 0.717) is 18.2 Å². The number of amides is 3. The molecule has 0 aromatic heterocycles. The van der Waals surface area contributed by atoms with Gasteiger partial charge in [0.25, 0.3) is 0 Å². The van der Waals surface area contributed by atoms with E-state index in [-0.39, 0.29) is 30.6 Å². The summed E-state index contributed by atoms with van der Waals surface area (Å²) < 4.78 is 0. The van der Waals surface area contributed by atoms with E-state index in [1.165, 1.54) is 0 Å². The monoisotopic (exact) mass is 287 g/mol. The Morgan fingerprint density at radius 3 is 3.05 bits per heavy atom. The van der Waals surface area contributed by atoms with Crippen LogP contribution in [0.5, 0.6) is 0 Å². The quantitative estimate of drug-likeness (QED) is 0.386. The Morgan fingerprint density at radius 2 is 2.26 bits per heavy atom. The van der Waals surface area contributed by atoms with Crippen LogP contribution in [0.15, 0.2) is 0 Å². The number of fused-ring (bicyclic) bond motifs is 1. The SMILES string of the molecule is O=C(CCCCC1SC[C@H]2NC(=O)N[C@@H]12)NCCO. The molecule has 2 aliphatic heterocycles. The van der Waals surface area contributed by atoms with Gasteiger partial charge >= 0.3 is 6.03 Å². The first-order valence-corrected chi connectivity index (χ1v) is 7.82. The van der Waals surface area contributed by atoms with Gasteiger partial charge in [0.2, 0.25) is 5.91 Å². The third-order valence-electron chi connectivity index (χ3n) is 3.51. The Bertz CT molecular complexity index is 340. The topological polar surface area (TPSA) is 90.5 Å². The van der Waals surface area contributed by atoms with Crippen LogP contribution in [0.4, 0.5) is 4.79 Å². The molecule has 4 N–H and O–H groups in total. The maximum atomic E-state index is 11.3. The molecule has 3 atom stereocenters. The summed E-state index contributed by atoms with van der Waals surface area (Å²) in [6.07, 6.45) is 3.38. The van der Waals surface area contributed by atoms with E-state index < -0.39 is 0 Å². The van der Waals surface area contributed by atoms with E-state index >= 15 is 0 Å². The van der Waals surface area contributed by atoms with Gasteiger partial charge in [-0.15, -0.1) is 0 Å². The minimum atomic E-state index is -0.0521. The van der Waals surface area contributed by atoms with Gasteiger partial charge in [-0.25, -0.2) is 4.79 Å². The molecule has 0 bridgehead atoms. The van der Waals surface area contributed by atoms with Crippen molar-refractivity contribution in [2.75, 3.05) is 18.9 Å². The molecule has 7 heteroatoms. The van der Waals surface area contributed by atoms with Crippen LogP contribution in [0.25, 0.3) is 0 Å². The first-order valence-electron chi connectivity index (χ1n) is 6.77. The molecule has 2 fully saturated rings. The fourth-order valence-corrected chi connectivity index (χ4v) is 4.10. The molecule has 0 aromatic carbocycles. The number of aliphatic hydroxyl groups is 1. The molecule has 2 saturated heterocycles. The molecule has 0 radical (unpaired) electrons. The number of thioether (sulfide) groups is 1. The molecule has 0 aliphatic carbocycles. The second kappa shape index (κ2) is 7.00. The van der Waals surface area contributed by atoms with Crippen molar-refractivity contribution in [3.63, 3.8) is 0 Å². The van der Waals surface area contributed by atoms with Gasteiger partial charge in [0, 0.05) is 24.0 Å². The number of unbranched alkanes of at least 4 members (excludes halogenated alkanes) is 1. The van der Waals surface area contributed by atoms with Crippen LogP contribution in [-0.2, 0) is 4.79 Å². The zero-order valence-corrected chi connectivity index (χ0v) is 11.7. The average Bonchev–Trinajstić information content (AvgIpc) is 2.92. The molecule has 0 spiro atoms. The van der Waals surface area contributed by atoms with Gasteiger partial charge in [0.1, 0.15) is 0 Å². The second-order valence-corrected chi connectivity index (χ2v) is 6.21. The highest BCUT2D eigenvalue weighted by Crippen LogP contribution is 2.33. The summed E-state index contributed by atoms with van der Waals surface area (Å²) in [5, 5.41) is 17.6. The van der Waals surface area contributed by atoms with Crippen molar-refractivity contribution in [1.82, 2.24) is 16.0 Å². The number of carbonyl (C=O) groups is 2. The Labute approximate surface area is 117 Å². The molecule has 3 amide bonds. The summed E-state index contributed by atoms with van der Waals surface area (Å²) in [5.74, 6) is 0.979. The van der Waals surface area contributed by atoms with Crippen LogP contribution in [-0.4, -0.2) is 53.3 Å². The van der Waals surface area contributed by atoms with Crippen LogP contribution in [0.2, 0.25) is 0 Å². The summed E-state index contributed by atoms with van der Waals surface area (Å²) in [4.78, 5) is 22.5. The molecule has 0 saturated carbocycles. The Kier molecular flexibility index (Phi) is 5.33. The molecule has 2 aliphatic rings. The number of aliphatic hydroxyl groups excluding tert-OH is 1. The summed E-state index contributed by atoms with van der Waals surface area (Å²) in [6, 6.07) is 0.472. The van der Waals surface area contributed by atoms with E-state index in [1.807, 2.05) is 11.8 Å². The molecule has 6 nitrogen and oxygen atoms in total. The molecular formula is C12H21N3O3S. The molecule has 108 valence electrons. The fourth-order valence-electron chi connectivity index (χ4n) is 2.56. The van der Waals surface area contributed by atoms with Gasteiger partial charge in [0.05, 0.1) is 18.7 Å². The van der Waals surface area contributed by atoms with Crippen molar-refractivity contribution in [3.05, 3.63) is 0 Å². The van der Waals surface area contributed by atoms with Crippen molar-refractivity contribution >= 4 is 23.7 Å². The van der Waals surface area contributed by atoms with Crippen LogP contribution in [0.1, 0.15) is 25.7 Å². The van der Waals surface area contributed by atoms with Gasteiger partial charge < -0.3 is 21.1 Å². The first-order chi connectivity index (χ1) is 9.20. The lowest BCUT2D eigenvalue weighted by molar-refractivity contribution is -0.121. The van der Waals surface area contributed by atoms with E-state index in [9.17, 15) is 9.59 Å². The van der Waals surface area contributed by atoms with Crippen LogP contribution < -0.4 is 16.0 Å². The van der Waals surface area contributed by atoms with Crippen LogP contribution in [0, 0.1) is 0 Å². The van der Waals surface area contributed by atoms with Gasteiger partial charge in [-0.05, 0) is 12.8 Å². The number of nitrogens with one attached hydrogen (secondary N) is 3. The highest BCUT2D eigenvalue weighted by Gasteiger charge is 2.42. The maximum Gasteiger partial charge on any atom is 0.315 e. The largest absolute Gasteiger partial charge is 0.395 e. The van der Waals surface area contributed by atoms with Crippen molar-refractivity contribution < 1.29 is 14.7 Å². The average molecular weight is 287 g/mol. The minimum Gasteiger partial charge on any atom is -0.395 e. The fraction of sp³-hybridized carbons (Fsp3) is 0.833. The Hall–Kier alpha value is -0.950. The standard InChI is InChI=1S/C12H21N3O3S/c16-6-5-13-10(17)4-2-1-3-9-11-8(7-19-9)14-12(18)15-11/h8-9,11,16H,1-7H2,(H,13,17)(H2,14,15,18)/t8-,9?,11-/m1/s1. The summed E-state index contributed by atoms with van der Waals surface area (Å²) in [6.45, 7) is 0.318. The van der Waals surface area contributed by atoms with Crippen molar-refractivity contribution in [3.8, 4) is 0 Å². The number of rotatable bonds is 7. The van der Waals surface area contributed by atoms with Gasteiger partial charge in [0.15, 0.2) is 0 Å². The van der Waals surface area contributed by atoms with E-state index in [1.54, 1.807) is 0 Å². The zero-order chi connectivity index (χ0) is 13.7. The van der Waals surface area contributed by atoms with Crippen molar-refractivity contribution in [2.45, 2.75) is 43.0 Å². The summed E-state index contributed by atoms with van der Waals surface area (Å²) in [5.41, 5.74) is 0. The van der Waals surface area contributed by atoms with E-state index in [0.717, 1.165) is 25.0 Å². The lowest BCUT2D eigenvalue weighted by atomic mass is 10.0. The van der Waals surface area contributed by atoms with Gasteiger partial charge in [-0.2, -0.15) is 11.8 Å². The predicted octanol–water partition coefficient (Wildman–Crippen LogP) is -0.179. The molecular weight excluding hydrogens is 266 g/mol. The van der Waals surface area contributed by atoms with Crippen molar-refractivity contribution in [1.29, 1.82) is 0 Å². The van der Waals surface area contributed by atoms with E-state index in [4.69, 9.17) is 5.11 Å². The Balaban J connectivity index is 1.59. The first kappa shape index (κ1) is 14.5. The van der Waals surface area contributed by atoms with Gasteiger partial charge in [-0.3, -0.25) is 4.79 Å². The number of hydrogen-bond donors (Lipinski definition) is 4. The molecule has 19 heavy (non-hydrogen) atoms. The lowest BCUT2D eigenvalue weighted by Gasteiger charge is -2.16. The summed E-state index contributed by atoms with van der Waals surface area (Å²) >= 11 is 1.90. The molecule has 2 heterocycles. The number of hydrogen-bond acceptors (Lipinski definition) is 4. The zero-order valence-electron chi connectivity index (χ0n) is 10.9. The maximum absolute atomic E-state index is 11.3. The van der Waals surface area contributed by atoms with Crippen LogP contribution >= 0.6 is 11.8 Å². The normalized spacial score (nSPS) is 28.7. The Morgan fingerprint density at radius 1 is 1.42 bits per heavy atom. The number of urea groups is 1. The number of carbonyl (C=O) groups excluding carboxylic acids is 2. The molecule has 1 unspecified atom stereocenters. The second-order valence-electron chi connectivity index (χ2n) is 4.94. The predicted molar refractivity (Wildman–Crippen MR) is 74.1 cm³/mol. The smallest absolute Gasteiger partial charge is 0.315 e. The third kappa shape index (κ3) is 4.01. The summed E-state index contributed by atoms with van der Waals surface area (Å²) in [7, 11) is 0. The molecule has 2 rings (SSSR count). The minimum absolute atomic E-state index is 0.00170. The highest BCUT2D eigenvalue weighted by molar-refractivity contribution is 8.00. The van der Waals surface area contributed by atoms with Gasteiger partial charge in [-0.1, -0.05) is 6.42 Å². The van der Waals surface area contributed by atoms with Crippen LogP contribution in [0.3, 0.4) is 0 Å². The van der Waals surface area contributed by atoms with Crippen molar-refractivity contribution in [2.24, 2.45) is 0 Å².